The van der Waals surface area contributed by atoms with Crippen LogP contribution in [0.15, 0.2) is 22.7 Å². The third-order valence-electron chi connectivity index (χ3n) is 2.61. The summed E-state index contributed by atoms with van der Waals surface area (Å²) in [5, 5.41) is 14.1. The lowest BCUT2D eigenvalue weighted by Gasteiger charge is -2.05. The molecular weight excluding hydrogens is 338 g/mol. The molecule has 2 aromatic rings. The Kier molecular flexibility index (Phi) is 7.04. The zero-order chi connectivity index (χ0) is 16.5. The molecule has 2 heterocycles. The largest absolute Gasteiger partial charge is 0.383 e. The highest BCUT2D eigenvalue weighted by molar-refractivity contribution is 7.99. The number of nitrogens with one attached hydrogen (secondary N) is 3. The number of aromatic amines is 1. The summed E-state index contributed by atoms with van der Waals surface area (Å²) in [7, 11) is 1.53. The average Bonchev–Trinajstić information content (AvgIpc) is 3.18. The van der Waals surface area contributed by atoms with Crippen molar-refractivity contribution in [3.05, 3.63) is 28.2 Å². The van der Waals surface area contributed by atoms with Gasteiger partial charge in [0.05, 0.1) is 12.4 Å². The maximum absolute atomic E-state index is 11.6. The van der Waals surface area contributed by atoms with Crippen LogP contribution in [-0.2, 0) is 16.0 Å². The lowest BCUT2D eigenvalue weighted by atomic mass is 10.3. The third-order valence-corrected chi connectivity index (χ3v) is 4.33. The van der Waals surface area contributed by atoms with Crippen LogP contribution in [0.2, 0.25) is 0 Å². The number of urea groups is 1. The Morgan fingerprint density at radius 3 is 3.09 bits per heavy atom. The Bertz CT molecular complexity index is 629. The smallest absolute Gasteiger partial charge is 0.321 e. The van der Waals surface area contributed by atoms with Gasteiger partial charge >= 0.3 is 6.03 Å². The summed E-state index contributed by atoms with van der Waals surface area (Å²) in [5.41, 5.74) is 0. The first-order valence-corrected chi connectivity index (χ1v) is 8.67. The van der Waals surface area contributed by atoms with E-state index in [1.807, 2.05) is 17.5 Å². The molecule has 2 aromatic heterocycles. The van der Waals surface area contributed by atoms with Gasteiger partial charge in [-0.3, -0.25) is 15.2 Å². The maximum Gasteiger partial charge on any atom is 0.321 e. The van der Waals surface area contributed by atoms with Gasteiger partial charge in [-0.05, 0) is 11.4 Å². The van der Waals surface area contributed by atoms with E-state index < -0.39 is 11.9 Å². The molecule has 0 saturated carbocycles. The topological polar surface area (TPSA) is 109 Å². The van der Waals surface area contributed by atoms with E-state index in [9.17, 15) is 9.59 Å². The Hall–Kier alpha value is -1.91. The second kappa shape index (κ2) is 9.28. The van der Waals surface area contributed by atoms with Crippen LogP contribution in [-0.4, -0.2) is 53.1 Å². The molecular formula is C13H17N5O3S2. The van der Waals surface area contributed by atoms with E-state index in [0.717, 1.165) is 5.82 Å². The Morgan fingerprint density at radius 2 is 2.35 bits per heavy atom. The number of hydrogen-bond donors (Lipinski definition) is 3. The Labute approximate surface area is 141 Å². The fourth-order valence-electron chi connectivity index (χ4n) is 1.60. The number of rotatable bonds is 8. The molecule has 0 aliphatic rings. The normalized spacial score (nSPS) is 10.5. The van der Waals surface area contributed by atoms with E-state index in [-0.39, 0.29) is 5.75 Å². The highest BCUT2D eigenvalue weighted by atomic mass is 32.2. The van der Waals surface area contributed by atoms with E-state index in [1.54, 1.807) is 11.3 Å². The van der Waals surface area contributed by atoms with E-state index in [1.165, 1.54) is 23.7 Å². The first-order chi connectivity index (χ1) is 11.2. The van der Waals surface area contributed by atoms with Crippen molar-refractivity contribution in [2.75, 3.05) is 26.0 Å². The van der Waals surface area contributed by atoms with Gasteiger partial charge in [0.25, 0.3) is 0 Å². The number of methoxy groups -OCH3 is 1. The number of thioether (sulfide) groups is 1. The molecule has 3 N–H and O–H groups in total. The standard InChI is InChI=1S/C13H17N5O3S2/c1-21-5-4-14-12(20)16-11(19)8-23-13-15-10(17-18-13)7-9-3-2-6-22-9/h2-3,6H,4-5,7-8H2,1H3,(H,15,17,18)(H2,14,16,19,20). The zero-order valence-corrected chi connectivity index (χ0v) is 14.1. The number of hydrogen-bond acceptors (Lipinski definition) is 7. The minimum absolute atomic E-state index is 0.0635. The molecule has 8 nitrogen and oxygen atoms in total. The second-order valence-electron chi connectivity index (χ2n) is 4.41. The third kappa shape index (κ3) is 6.38. The zero-order valence-electron chi connectivity index (χ0n) is 12.5. The average molecular weight is 355 g/mol. The van der Waals surface area contributed by atoms with Crippen molar-refractivity contribution in [3.63, 3.8) is 0 Å². The molecule has 0 aromatic carbocycles. The van der Waals surface area contributed by atoms with Crippen molar-refractivity contribution in [2.24, 2.45) is 0 Å². The number of nitrogens with zero attached hydrogens (tertiary/aromatic N) is 2. The van der Waals surface area contributed by atoms with Crippen LogP contribution in [0.4, 0.5) is 4.79 Å². The number of thiophene rings is 1. The molecule has 0 saturated heterocycles. The number of carbonyl (C=O) groups excluding carboxylic acids is 2. The second-order valence-corrected chi connectivity index (χ2v) is 6.38. The van der Waals surface area contributed by atoms with Crippen LogP contribution < -0.4 is 10.6 Å². The number of amides is 3. The van der Waals surface area contributed by atoms with Gasteiger partial charge < -0.3 is 10.1 Å². The minimum atomic E-state index is -0.541. The van der Waals surface area contributed by atoms with Crippen LogP contribution in [0.25, 0.3) is 0 Å². The summed E-state index contributed by atoms with van der Waals surface area (Å²) < 4.78 is 4.79. The molecule has 0 unspecified atom stereocenters. The first-order valence-electron chi connectivity index (χ1n) is 6.80. The van der Waals surface area contributed by atoms with Crippen molar-refractivity contribution in [2.45, 2.75) is 11.6 Å². The monoisotopic (exact) mass is 355 g/mol. The van der Waals surface area contributed by atoms with Crippen LogP contribution in [0.5, 0.6) is 0 Å². The van der Waals surface area contributed by atoms with Crippen LogP contribution in [0, 0.1) is 0 Å². The van der Waals surface area contributed by atoms with E-state index in [2.05, 4.69) is 25.8 Å². The van der Waals surface area contributed by atoms with E-state index in [0.29, 0.717) is 24.7 Å². The van der Waals surface area contributed by atoms with Gasteiger partial charge in [-0.1, -0.05) is 17.8 Å². The Balaban J connectivity index is 1.70. The molecule has 3 amide bonds. The van der Waals surface area contributed by atoms with E-state index in [4.69, 9.17) is 4.74 Å². The van der Waals surface area contributed by atoms with Crippen molar-refractivity contribution in [1.82, 2.24) is 25.8 Å². The SMILES string of the molecule is COCCNC(=O)NC(=O)CSc1n[nH]c(Cc2cccs2)n1. The van der Waals surface area contributed by atoms with Crippen LogP contribution >= 0.6 is 23.1 Å². The molecule has 0 aliphatic heterocycles. The number of aromatic nitrogens is 3. The van der Waals surface area contributed by atoms with Gasteiger partial charge in [-0.15, -0.1) is 16.4 Å². The lowest BCUT2D eigenvalue weighted by Crippen LogP contribution is -2.41. The van der Waals surface area contributed by atoms with Crippen LogP contribution in [0.3, 0.4) is 0 Å². The fourth-order valence-corrected chi connectivity index (χ4v) is 2.93. The van der Waals surface area contributed by atoms with Gasteiger partial charge in [-0.25, -0.2) is 9.78 Å². The molecule has 0 bridgehead atoms. The number of H-pyrrole nitrogens is 1. The van der Waals surface area contributed by atoms with Gasteiger partial charge in [0.15, 0.2) is 0 Å². The van der Waals surface area contributed by atoms with Gasteiger partial charge in [0.1, 0.15) is 5.82 Å². The molecule has 0 aliphatic carbocycles. The van der Waals surface area contributed by atoms with Gasteiger partial charge in [0, 0.05) is 25.0 Å². The Morgan fingerprint density at radius 1 is 1.48 bits per heavy atom. The molecule has 0 atom stereocenters. The predicted molar refractivity (Wildman–Crippen MR) is 87.6 cm³/mol. The number of ether oxygens (including phenoxy) is 1. The van der Waals surface area contributed by atoms with Crippen molar-refractivity contribution in [3.8, 4) is 0 Å². The summed E-state index contributed by atoms with van der Waals surface area (Å²) in [5.74, 6) is 0.399. The summed E-state index contributed by atoms with van der Waals surface area (Å²) in [6.07, 6.45) is 0.680. The maximum atomic E-state index is 11.6. The molecule has 124 valence electrons. The van der Waals surface area contributed by atoms with Crippen LogP contribution in [0.1, 0.15) is 10.7 Å². The summed E-state index contributed by atoms with van der Waals surface area (Å²) in [4.78, 5) is 28.5. The highest BCUT2D eigenvalue weighted by Crippen LogP contribution is 2.15. The molecule has 0 spiro atoms. The van der Waals surface area contributed by atoms with E-state index >= 15 is 0 Å². The molecule has 10 heteroatoms. The quantitative estimate of drug-likeness (QED) is 0.482. The molecule has 0 radical (unpaired) electrons. The van der Waals surface area contributed by atoms with Crippen molar-refractivity contribution in [1.29, 1.82) is 0 Å². The summed E-state index contributed by atoms with van der Waals surface area (Å²) in [6.45, 7) is 0.732. The van der Waals surface area contributed by atoms with Crippen molar-refractivity contribution < 1.29 is 14.3 Å². The predicted octanol–water partition coefficient (Wildman–Crippen LogP) is 1.02. The molecule has 23 heavy (non-hydrogen) atoms. The first kappa shape index (κ1) is 17.4. The summed E-state index contributed by atoms with van der Waals surface area (Å²) >= 11 is 2.81. The lowest BCUT2D eigenvalue weighted by molar-refractivity contribution is -0.117. The minimum Gasteiger partial charge on any atom is -0.383 e. The fraction of sp³-hybridized carbons (Fsp3) is 0.385. The number of carbonyl (C=O) groups is 2. The van der Waals surface area contributed by atoms with Gasteiger partial charge in [0.2, 0.25) is 11.1 Å². The van der Waals surface area contributed by atoms with Gasteiger partial charge in [-0.2, -0.15) is 0 Å². The molecule has 0 fully saturated rings. The summed E-state index contributed by atoms with van der Waals surface area (Å²) in [6, 6.07) is 3.46. The number of imide groups is 1. The molecule has 2 rings (SSSR count). The highest BCUT2D eigenvalue weighted by Gasteiger charge is 2.10. The van der Waals surface area contributed by atoms with Crippen molar-refractivity contribution >= 4 is 35.0 Å².